The summed E-state index contributed by atoms with van der Waals surface area (Å²) in [4.78, 5) is 9.74. The van der Waals surface area contributed by atoms with Crippen LogP contribution in [0, 0.1) is 0 Å². The van der Waals surface area contributed by atoms with Crippen molar-refractivity contribution >= 4 is 53.8 Å². The van der Waals surface area contributed by atoms with Crippen molar-refractivity contribution in [2.75, 3.05) is 0 Å². The summed E-state index contributed by atoms with van der Waals surface area (Å²) in [6.45, 7) is 3.08. The van der Waals surface area contributed by atoms with E-state index in [-0.39, 0.29) is 10.7 Å². The van der Waals surface area contributed by atoms with Crippen LogP contribution in [0.3, 0.4) is 0 Å². The van der Waals surface area contributed by atoms with E-state index < -0.39 is 10.0 Å². The Balaban J connectivity index is 1.70. The number of halogens is 1. The van der Waals surface area contributed by atoms with E-state index in [4.69, 9.17) is 4.98 Å². The molecule has 0 aliphatic heterocycles. The Morgan fingerprint density at radius 1 is 0.944 bits per heavy atom. The molecule has 0 radical (unpaired) electrons. The molecule has 9 heteroatoms. The first-order chi connectivity index (χ1) is 17.5. The Hall–Kier alpha value is -3.14. The molecular weight excluding hydrogens is 538 g/mol. The van der Waals surface area contributed by atoms with Crippen molar-refractivity contribution in [2.45, 2.75) is 44.0 Å². The monoisotopic (exact) mass is 564 g/mol. The van der Waals surface area contributed by atoms with E-state index in [1.165, 1.54) is 19.3 Å². The molecule has 5 aromatic rings. The van der Waals surface area contributed by atoms with E-state index >= 15 is 0 Å². The molecule has 1 unspecified atom stereocenters. The third-order valence-corrected chi connectivity index (χ3v) is 7.89. The predicted octanol–water partition coefficient (Wildman–Crippen LogP) is 6.84. The molecule has 1 atom stereocenters. The number of benzene rings is 3. The summed E-state index contributed by atoms with van der Waals surface area (Å²) in [5.41, 5.74) is 3.29. The van der Waals surface area contributed by atoms with Crippen LogP contribution in [0.1, 0.15) is 32.6 Å². The molecule has 0 spiro atoms. The molecule has 2 aromatic heterocycles. The first kappa shape index (κ1) is 24.5. The van der Waals surface area contributed by atoms with Gasteiger partial charge in [-0.1, -0.05) is 60.0 Å². The summed E-state index contributed by atoms with van der Waals surface area (Å²) in [7, 11) is -3.76. The van der Waals surface area contributed by atoms with E-state index in [2.05, 4.69) is 42.8 Å². The molecule has 0 aliphatic rings. The number of rotatable bonds is 8. The quantitative estimate of drug-likeness (QED) is 0.165. The molecule has 0 bridgehead atoms. The predicted molar refractivity (Wildman–Crippen MR) is 146 cm³/mol. The van der Waals surface area contributed by atoms with Gasteiger partial charge in [0.05, 0.1) is 22.5 Å². The van der Waals surface area contributed by atoms with Crippen molar-refractivity contribution in [2.24, 2.45) is 4.36 Å². The van der Waals surface area contributed by atoms with Gasteiger partial charge in [-0.15, -0.1) is 4.36 Å². The van der Waals surface area contributed by atoms with Gasteiger partial charge in [-0.25, -0.2) is 18.7 Å². The van der Waals surface area contributed by atoms with E-state index in [0.29, 0.717) is 16.9 Å². The van der Waals surface area contributed by atoms with Crippen LogP contribution in [0.2, 0.25) is 0 Å². The molecule has 2 heterocycles. The number of hydrogen-bond donors (Lipinski definition) is 1. The normalized spacial score (nSPS) is 13.2. The number of aromatic nitrogens is 4. The van der Waals surface area contributed by atoms with Gasteiger partial charge >= 0.3 is 0 Å². The van der Waals surface area contributed by atoms with Gasteiger partial charge in [-0.2, -0.15) is 4.57 Å². The van der Waals surface area contributed by atoms with Gasteiger partial charge in [0.1, 0.15) is 0 Å². The Labute approximate surface area is 219 Å². The van der Waals surface area contributed by atoms with Gasteiger partial charge in [0.15, 0.2) is 21.0 Å². The van der Waals surface area contributed by atoms with Crippen LogP contribution < -0.4 is 4.57 Å². The zero-order valence-electron chi connectivity index (χ0n) is 19.9. The summed E-state index contributed by atoms with van der Waals surface area (Å²) in [6.07, 6.45) is 6.62. The van der Waals surface area contributed by atoms with Gasteiger partial charge in [0.2, 0.25) is 5.82 Å². The number of imidazole rings is 1. The van der Waals surface area contributed by atoms with E-state index in [1.54, 1.807) is 24.3 Å². The number of para-hydroxylation sites is 4. The van der Waals surface area contributed by atoms with Crippen LogP contribution in [-0.2, 0) is 16.6 Å². The zero-order chi connectivity index (χ0) is 25.1. The number of hydrogen-bond acceptors (Lipinski definition) is 4. The second-order valence-corrected chi connectivity index (χ2v) is 11.2. The number of aryl methyl sites for hydroxylation is 1. The fourth-order valence-electron chi connectivity index (χ4n) is 4.22. The second kappa shape index (κ2) is 10.5. The van der Waals surface area contributed by atoms with Crippen molar-refractivity contribution in [1.82, 2.24) is 14.5 Å². The van der Waals surface area contributed by atoms with E-state index in [9.17, 15) is 8.76 Å². The maximum absolute atomic E-state index is 13.4. The molecule has 1 N–H and O–H groups in total. The lowest BCUT2D eigenvalue weighted by Crippen LogP contribution is -2.32. The SMILES string of the molecule is CCCCCC[n+]1cn(-c2nc3ccccc3nc2N=S(=O)(O)c2ccc(Br)cc2)c2ccccc21. The molecule has 5 rings (SSSR count). The van der Waals surface area contributed by atoms with E-state index in [1.807, 2.05) is 53.4 Å². The highest BCUT2D eigenvalue weighted by molar-refractivity contribution is 9.10. The lowest BCUT2D eigenvalue weighted by molar-refractivity contribution is -0.672. The number of nitrogens with zero attached hydrogens (tertiary/aromatic N) is 5. The molecule has 3 aromatic carbocycles. The van der Waals surface area contributed by atoms with Gasteiger partial charge in [-0.05, 0) is 61.4 Å². The fraction of sp³-hybridized carbons (Fsp3) is 0.222. The molecule has 0 saturated heterocycles. The molecule has 7 nitrogen and oxygen atoms in total. The number of unbranched alkanes of at least 4 members (excludes halogenated alkanes) is 3. The summed E-state index contributed by atoms with van der Waals surface area (Å²) < 4.78 is 33.5. The topological polar surface area (TPSA) is 84.3 Å². The first-order valence-corrected chi connectivity index (χ1v) is 14.2. The standard InChI is InChI=1S/C27H26BrN5O2S/c1-2-3-4-9-18-32-19-33(25-13-8-7-12-24(25)32)27-26(29-22-10-5-6-11-23(22)30-27)31-36(34,35)21-16-14-20(28)15-17-21/h5-8,10-17,19H,2-4,9,18H2,1H3/p+1. The van der Waals surface area contributed by atoms with Crippen LogP contribution in [0.4, 0.5) is 5.82 Å². The van der Waals surface area contributed by atoms with Gasteiger partial charge in [-0.3, -0.25) is 4.55 Å². The first-order valence-electron chi connectivity index (χ1n) is 12.0. The fourth-order valence-corrected chi connectivity index (χ4v) is 5.43. The van der Waals surface area contributed by atoms with Crippen LogP contribution in [0.15, 0.2) is 92.9 Å². The van der Waals surface area contributed by atoms with Crippen molar-refractivity contribution in [1.29, 1.82) is 0 Å². The van der Waals surface area contributed by atoms with Crippen LogP contribution in [0.25, 0.3) is 27.9 Å². The zero-order valence-corrected chi connectivity index (χ0v) is 22.3. The Morgan fingerprint density at radius 3 is 2.39 bits per heavy atom. The molecular formula is C27H27BrN5O2S+. The Kier molecular flexibility index (Phi) is 7.13. The molecule has 0 fully saturated rings. The maximum Gasteiger partial charge on any atom is 0.273 e. The highest BCUT2D eigenvalue weighted by Crippen LogP contribution is 2.28. The highest BCUT2D eigenvalue weighted by atomic mass is 79.9. The lowest BCUT2D eigenvalue weighted by atomic mass is 10.2. The Bertz CT molecular complexity index is 1660. The number of fused-ring (bicyclic) bond motifs is 2. The Morgan fingerprint density at radius 2 is 1.64 bits per heavy atom. The van der Waals surface area contributed by atoms with Crippen molar-refractivity contribution in [3.05, 3.63) is 83.6 Å². The third kappa shape index (κ3) is 5.04. The van der Waals surface area contributed by atoms with Crippen molar-refractivity contribution < 1.29 is 13.3 Å². The lowest BCUT2D eigenvalue weighted by Gasteiger charge is -2.06. The van der Waals surface area contributed by atoms with Crippen LogP contribution in [0.5, 0.6) is 0 Å². The smallest absolute Gasteiger partial charge is 0.273 e. The minimum atomic E-state index is -3.76. The van der Waals surface area contributed by atoms with Crippen LogP contribution >= 0.6 is 15.9 Å². The van der Waals surface area contributed by atoms with E-state index in [0.717, 1.165) is 28.5 Å². The van der Waals surface area contributed by atoms with Gasteiger partial charge in [0, 0.05) is 4.47 Å². The summed E-state index contributed by atoms with van der Waals surface area (Å²) in [6, 6.07) is 22.1. The summed E-state index contributed by atoms with van der Waals surface area (Å²) >= 11 is 3.37. The van der Waals surface area contributed by atoms with Crippen molar-refractivity contribution in [3.8, 4) is 5.82 Å². The highest BCUT2D eigenvalue weighted by Gasteiger charge is 2.24. The maximum atomic E-state index is 13.4. The second-order valence-electron chi connectivity index (χ2n) is 8.63. The molecule has 184 valence electrons. The molecule has 0 amide bonds. The summed E-state index contributed by atoms with van der Waals surface area (Å²) in [5.74, 6) is 0.527. The van der Waals surface area contributed by atoms with Gasteiger partial charge in [0.25, 0.3) is 12.1 Å². The summed E-state index contributed by atoms with van der Waals surface area (Å²) in [5, 5.41) is 0. The largest absolute Gasteiger partial charge is 0.296 e. The molecule has 0 aliphatic carbocycles. The molecule has 36 heavy (non-hydrogen) atoms. The minimum Gasteiger partial charge on any atom is -0.296 e. The van der Waals surface area contributed by atoms with Gasteiger partial charge < -0.3 is 0 Å². The average Bonchev–Trinajstić information content (AvgIpc) is 3.25. The average molecular weight is 566 g/mol. The minimum absolute atomic E-state index is 0.114. The molecule has 0 saturated carbocycles. The van der Waals surface area contributed by atoms with Crippen molar-refractivity contribution in [3.63, 3.8) is 0 Å². The third-order valence-electron chi connectivity index (χ3n) is 6.05. The van der Waals surface area contributed by atoms with Crippen LogP contribution in [-0.4, -0.2) is 23.3 Å².